The first-order valence-corrected chi connectivity index (χ1v) is 3.87. The number of rotatable bonds is 3. The first kappa shape index (κ1) is 7.55. The summed E-state index contributed by atoms with van der Waals surface area (Å²) < 4.78 is 0. The Morgan fingerprint density at radius 1 is 1.40 bits per heavy atom. The maximum atomic E-state index is 9.45. The topological polar surface area (TPSA) is 20.2 Å². The number of aliphatic hydroxyl groups excluding tert-OH is 1. The molecule has 0 aliphatic heterocycles. The highest BCUT2D eigenvalue weighted by Gasteiger charge is 2.13. The highest BCUT2D eigenvalue weighted by molar-refractivity contribution is 5.18. The fraction of sp³-hybridized carbons (Fsp3) is 0.556. The lowest BCUT2D eigenvalue weighted by Gasteiger charge is -2.12. The van der Waals surface area contributed by atoms with E-state index in [1.807, 2.05) is 24.3 Å². The van der Waals surface area contributed by atoms with Gasteiger partial charge in [-0.15, -0.1) is 0 Å². The molecule has 0 bridgehead atoms. The SMILES string of the molecule is CCCC(O)C1C=CC=C1. The zero-order valence-electron chi connectivity index (χ0n) is 6.33. The van der Waals surface area contributed by atoms with Gasteiger partial charge in [-0.05, 0) is 6.42 Å². The van der Waals surface area contributed by atoms with Crippen molar-refractivity contribution in [1.82, 2.24) is 0 Å². The third kappa shape index (κ3) is 1.71. The molecule has 1 heteroatoms. The maximum absolute atomic E-state index is 9.45. The van der Waals surface area contributed by atoms with Crippen LogP contribution in [0.2, 0.25) is 0 Å². The molecule has 0 saturated carbocycles. The van der Waals surface area contributed by atoms with Gasteiger partial charge in [-0.3, -0.25) is 0 Å². The van der Waals surface area contributed by atoms with Gasteiger partial charge in [0.15, 0.2) is 0 Å². The predicted octanol–water partition coefficient (Wildman–Crippen LogP) is 1.89. The summed E-state index contributed by atoms with van der Waals surface area (Å²) >= 11 is 0. The van der Waals surface area contributed by atoms with E-state index in [4.69, 9.17) is 0 Å². The van der Waals surface area contributed by atoms with Crippen LogP contribution in [0.15, 0.2) is 24.3 Å². The molecular formula is C9H14O. The molecule has 1 rings (SSSR count). The Morgan fingerprint density at radius 3 is 2.50 bits per heavy atom. The lowest BCUT2D eigenvalue weighted by molar-refractivity contribution is 0.139. The average molecular weight is 138 g/mol. The molecule has 1 aliphatic carbocycles. The fourth-order valence-electron chi connectivity index (χ4n) is 1.19. The second-order valence-electron chi connectivity index (χ2n) is 2.70. The maximum Gasteiger partial charge on any atom is 0.0637 e. The van der Waals surface area contributed by atoms with Crippen molar-refractivity contribution in [2.45, 2.75) is 25.9 Å². The molecule has 0 aromatic carbocycles. The summed E-state index contributed by atoms with van der Waals surface area (Å²) in [4.78, 5) is 0. The molecule has 1 aliphatic rings. The van der Waals surface area contributed by atoms with Gasteiger partial charge in [-0.1, -0.05) is 37.6 Å². The minimum absolute atomic E-state index is 0.167. The summed E-state index contributed by atoms with van der Waals surface area (Å²) in [5.74, 6) is 0.278. The monoisotopic (exact) mass is 138 g/mol. The van der Waals surface area contributed by atoms with E-state index >= 15 is 0 Å². The normalized spacial score (nSPS) is 20.2. The van der Waals surface area contributed by atoms with Crippen LogP contribution >= 0.6 is 0 Å². The summed E-state index contributed by atoms with van der Waals surface area (Å²) in [5.41, 5.74) is 0. The standard InChI is InChI=1S/C9H14O/c1-2-5-9(10)8-6-3-4-7-8/h3-4,6-10H,2,5H2,1H3. The summed E-state index contributed by atoms with van der Waals surface area (Å²) in [6.45, 7) is 2.09. The zero-order valence-corrected chi connectivity index (χ0v) is 6.33. The molecule has 0 spiro atoms. The summed E-state index contributed by atoms with van der Waals surface area (Å²) in [7, 11) is 0. The Balaban J connectivity index is 2.33. The molecule has 0 saturated heterocycles. The third-order valence-electron chi connectivity index (χ3n) is 1.81. The zero-order chi connectivity index (χ0) is 7.40. The van der Waals surface area contributed by atoms with Crippen LogP contribution in [0.25, 0.3) is 0 Å². The third-order valence-corrected chi connectivity index (χ3v) is 1.81. The molecule has 0 fully saturated rings. The fourth-order valence-corrected chi connectivity index (χ4v) is 1.19. The first-order valence-electron chi connectivity index (χ1n) is 3.87. The summed E-state index contributed by atoms with van der Waals surface area (Å²) in [6, 6.07) is 0. The molecular weight excluding hydrogens is 124 g/mol. The van der Waals surface area contributed by atoms with Crippen molar-refractivity contribution in [3.8, 4) is 0 Å². The van der Waals surface area contributed by atoms with E-state index in [9.17, 15) is 5.11 Å². The van der Waals surface area contributed by atoms with Gasteiger partial charge in [0, 0.05) is 5.92 Å². The molecule has 1 nitrogen and oxygen atoms in total. The second-order valence-corrected chi connectivity index (χ2v) is 2.70. The molecule has 1 unspecified atom stereocenters. The van der Waals surface area contributed by atoms with Crippen LogP contribution in [0.3, 0.4) is 0 Å². The van der Waals surface area contributed by atoms with E-state index in [1.165, 1.54) is 0 Å². The largest absolute Gasteiger partial charge is 0.392 e. The van der Waals surface area contributed by atoms with Crippen molar-refractivity contribution in [2.75, 3.05) is 0 Å². The van der Waals surface area contributed by atoms with Gasteiger partial charge in [0.2, 0.25) is 0 Å². The van der Waals surface area contributed by atoms with Crippen LogP contribution in [0.1, 0.15) is 19.8 Å². The van der Waals surface area contributed by atoms with Crippen LogP contribution in [-0.4, -0.2) is 11.2 Å². The van der Waals surface area contributed by atoms with Gasteiger partial charge < -0.3 is 5.11 Å². The molecule has 0 radical (unpaired) electrons. The molecule has 56 valence electrons. The Morgan fingerprint density at radius 2 is 2.00 bits per heavy atom. The van der Waals surface area contributed by atoms with Gasteiger partial charge in [-0.2, -0.15) is 0 Å². The molecule has 1 N–H and O–H groups in total. The van der Waals surface area contributed by atoms with Crippen molar-refractivity contribution >= 4 is 0 Å². The minimum atomic E-state index is -0.167. The highest BCUT2D eigenvalue weighted by atomic mass is 16.3. The van der Waals surface area contributed by atoms with Crippen molar-refractivity contribution < 1.29 is 5.11 Å². The Kier molecular flexibility index (Phi) is 2.69. The van der Waals surface area contributed by atoms with Crippen molar-refractivity contribution in [3.63, 3.8) is 0 Å². The number of aliphatic hydroxyl groups is 1. The predicted molar refractivity (Wildman–Crippen MR) is 42.7 cm³/mol. The van der Waals surface area contributed by atoms with Crippen molar-refractivity contribution in [3.05, 3.63) is 24.3 Å². The van der Waals surface area contributed by atoms with Gasteiger partial charge in [0.1, 0.15) is 0 Å². The molecule has 0 amide bonds. The van der Waals surface area contributed by atoms with Crippen LogP contribution in [0.4, 0.5) is 0 Å². The van der Waals surface area contributed by atoms with Crippen molar-refractivity contribution in [1.29, 1.82) is 0 Å². The molecule has 0 aromatic heterocycles. The number of allylic oxidation sites excluding steroid dienone is 2. The lowest BCUT2D eigenvalue weighted by atomic mass is 10.0. The first-order chi connectivity index (χ1) is 4.84. The molecule has 0 heterocycles. The molecule has 10 heavy (non-hydrogen) atoms. The van der Waals surface area contributed by atoms with Crippen LogP contribution in [-0.2, 0) is 0 Å². The summed E-state index contributed by atoms with van der Waals surface area (Å²) in [5, 5.41) is 9.45. The van der Waals surface area contributed by atoms with E-state index < -0.39 is 0 Å². The molecule has 0 aromatic rings. The van der Waals surface area contributed by atoms with Gasteiger partial charge in [0.25, 0.3) is 0 Å². The Labute approximate surface area is 62.1 Å². The van der Waals surface area contributed by atoms with Gasteiger partial charge in [-0.25, -0.2) is 0 Å². The van der Waals surface area contributed by atoms with Crippen LogP contribution in [0, 0.1) is 5.92 Å². The van der Waals surface area contributed by atoms with Gasteiger partial charge >= 0.3 is 0 Å². The van der Waals surface area contributed by atoms with Crippen LogP contribution in [0.5, 0.6) is 0 Å². The van der Waals surface area contributed by atoms with Crippen LogP contribution < -0.4 is 0 Å². The smallest absolute Gasteiger partial charge is 0.0637 e. The highest BCUT2D eigenvalue weighted by Crippen LogP contribution is 2.16. The summed E-state index contributed by atoms with van der Waals surface area (Å²) in [6.07, 6.45) is 9.85. The van der Waals surface area contributed by atoms with E-state index in [-0.39, 0.29) is 12.0 Å². The van der Waals surface area contributed by atoms with E-state index in [0.717, 1.165) is 12.8 Å². The number of hydrogen-bond acceptors (Lipinski definition) is 1. The van der Waals surface area contributed by atoms with E-state index in [2.05, 4.69) is 6.92 Å². The number of hydrogen-bond donors (Lipinski definition) is 1. The van der Waals surface area contributed by atoms with Gasteiger partial charge in [0.05, 0.1) is 6.10 Å². The van der Waals surface area contributed by atoms with E-state index in [0.29, 0.717) is 0 Å². The second kappa shape index (κ2) is 3.57. The Bertz CT molecular complexity index is 135. The van der Waals surface area contributed by atoms with E-state index in [1.54, 1.807) is 0 Å². The Hall–Kier alpha value is -0.560. The minimum Gasteiger partial charge on any atom is -0.392 e. The van der Waals surface area contributed by atoms with Crippen molar-refractivity contribution in [2.24, 2.45) is 5.92 Å². The lowest BCUT2D eigenvalue weighted by Crippen LogP contribution is -2.14. The molecule has 1 atom stereocenters. The quantitative estimate of drug-likeness (QED) is 0.631. The average Bonchev–Trinajstić information content (AvgIpc) is 2.38.